The first-order valence-corrected chi connectivity index (χ1v) is 13.4. The molecule has 1 aliphatic rings. The molecule has 5 rings (SSSR count). The topological polar surface area (TPSA) is 182 Å². The molecule has 1 fully saturated rings. The summed E-state index contributed by atoms with van der Waals surface area (Å²) < 4.78 is 21.4. The van der Waals surface area contributed by atoms with Crippen LogP contribution in [-0.4, -0.2) is 44.8 Å². The van der Waals surface area contributed by atoms with E-state index >= 15 is 0 Å². The standard InChI is InChI=1S/C28H25BrFN7O4/c29-16-11-18(26(31)34-12-16)19-5-6-20(36-35-19)23-22(27(32)39)25(38)21(15-1-3-17(30)4-2-15)24(28(33)40)37(23)13-14-7-9-41-10-8-14/h1-6,11-12,14H,7-10,13H2,(H2,31,34)(H2,32,39)(H2,33,40). The molecule has 3 aromatic heterocycles. The molecule has 4 aromatic rings. The molecule has 0 bridgehead atoms. The minimum Gasteiger partial charge on any atom is -0.383 e. The number of hydrogen-bond acceptors (Lipinski definition) is 8. The van der Waals surface area contributed by atoms with Gasteiger partial charge < -0.3 is 26.5 Å². The summed E-state index contributed by atoms with van der Waals surface area (Å²) in [6.45, 7) is 1.23. The number of benzene rings is 1. The summed E-state index contributed by atoms with van der Waals surface area (Å²) in [6, 6.07) is 9.85. The largest absolute Gasteiger partial charge is 0.383 e. The number of nitrogen functional groups attached to an aromatic ring is 1. The van der Waals surface area contributed by atoms with E-state index in [2.05, 4.69) is 31.1 Å². The fraction of sp³-hybridized carbons (Fsp3) is 0.214. The van der Waals surface area contributed by atoms with Gasteiger partial charge in [0.25, 0.3) is 11.8 Å². The predicted octanol–water partition coefficient (Wildman–Crippen LogP) is 3.14. The number of carbonyl (C=O) groups excluding carboxylic acids is 2. The number of nitrogens with zero attached hydrogens (tertiary/aromatic N) is 4. The molecule has 2 amide bonds. The Morgan fingerprint density at radius 3 is 2.29 bits per heavy atom. The number of carbonyl (C=O) groups is 2. The molecule has 0 atom stereocenters. The minimum atomic E-state index is -1.03. The van der Waals surface area contributed by atoms with E-state index in [4.69, 9.17) is 21.9 Å². The van der Waals surface area contributed by atoms with Gasteiger partial charge in [-0.1, -0.05) is 12.1 Å². The molecule has 6 N–H and O–H groups in total. The number of rotatable bonds is 7. The van der Waals surface area contributed by atoms with Crippen molar-refractivity contribution in [2.75, 3.05) is 18.9 Å². The second-order valence-electron chi connectivity index (χ2n) is 9.57. The summed E-state index contributed by atoms with van der Waals surface area (Å²) in [5.74, 6) is -2.24. The highest BCUT2D eigenvalue weighted by atomic mass is 79.9. The third kappa shape index (κ3) is 5.58. The lowest BCUT2D eigenvalue weighted by Gasteiger charge is -2.28. The van der Waals surface area contributed by atoms with Gasteiger partial charge in [-0.05, 0) is 70.6 Å². The van der Waals surface area contributed by atoms with Crippen LogP contribution in [0.2, 0.25) is 0 Å². The van der Waals surface area contributed by atoms with Gasteiger partial charge in [-0.15, -0.1) is 10.2 Å². The normalized spacial score (nSPS) is 13.7. The van der Waals surface area contributed by atoms with Crippen molar-refractivity contribution in [3.05, 3.63) is 80.4 Å². The molecule has 13 heteroatoms. The summed E-state index contributed by atoms with van der Waals surface area (Å²) >= 11 is 3.36. The lowest BCUT2D eigenvalue weighted by Crippen LogP contribution is -2.35. The Hall–Kier alpha value is -4.49. The molecule has 1 aliphatic heterocycles. The molecular formula is C28H25BrFN7O4. The van der Waals surface area contributed by atoms with E-state index in [1.807, 2.05) is 0 Å². The SMILES string of the molecule is NC(=O)c1c(-c2ccc(-c3cc(Br)cnc3N)nn2)n(CC2CCOCC2)c(C(N)=O)c(-c2ccc(F)cc2)c1=O. The third-order valence-corrected chi connectivity index (χ3v) is 7.36. The van der Waals surface area contributed by atoms with E-state index < -0.39 is 28.6 Å². The lowest BCUT2D eigenvalue weighted by molar-refractivity contribution is 0.0609. The zero-order valence-corrected chi connectivity index (χ0v) is 23.2. The Morgan fingerprint density at radius 2 is 1.68 bits per heavy atom. The number of primary amides is 2. The fourth-order valence-corrected chi connectivity index (χ4v) is 5.32. The Kier molecular flexibility index (Phi) is 7.90. The predicted molar refractivity (Wildman–Crippen MR) is 153 cm³/mol. The third-order valence-electron chi connectivity index (χ3n) is 6.93. The van der Waals surface area contributed by atoms with Crippen molar-refractivity contribution >= 4 is 33.6 Å². The van der Waals surface area contributed by atoms with Crippen molar-refractivity contribution in [2.45, 2.75) is 19.4 Å². The number of anilines is 1. The number of pyridine rings is 2. The molecule has 0 aliphatic carbocycles. The Morgan fingerprint density at radius 1 is 1.02 bits per heavy atom. The van der Waals surface area contributed by atoms with Gasteiger partial charge in [0.05, 0.1) is 17.0 Å². The lowest BCUT2D eigenvalue weighted by atomic mass is 9.94. The minimum absolute atomic E-state index is 0.00745. The summed E-state index contributed by atoms with van der Waals surface area (Å²) in [4.78, 5) is 43.9. The van der Waals surface area contributed by atoms with Crippen molar-refractivity contribution in [2.24, 2.45) is 17.4 Å². The fourth-order valence-electron chi connectivity index (χ4n) is 4.98. The molecule has 41 heavy (non-hydrogen) atoms. The number of amides is 2. The van der Waals surface area contributed by atoms with Gasteiger partial charge in [0.2, 0.25) is 5.43 Å². The van der Waals surface area contributed by atoms with Crippen LogP contribution in [0.4, 0.5) is 10.2 Å². The number of halogens is 2. The second-order valence-corrected chi connectivity index (χ2v) is 10.5. The average Bonchev–Trinajstić information content (AvgIpc) is 2.95. The van der Waals surface area contributed by atoms with Crippen LogP contribution in [0.5, 0.6) is 0 Å². The van der Waals surface area contributed by atoms with Crippen LogP contribution in [0.25, 0.3) is 33.8 Å². The van der Waals surface area contributed by atoms with Gasteiger partial charge in [0.15, 0.2) is 0 Å². The Labute approximate surface area is 241 Å². The maximum Gasteiger partial charge on any atom is 0.266 e. The Balaban J connectivity index is 1.79. The zero-order chi connectivity index (χ0) is 29.3. The molecular weight excluding hydrogens is 597 g/mol. The van der Waals surface area contributed by atoms with Gasteiger partial charge in [-0.3, -0.25) is 14.4 Å². The van der Waals surface area contributed by atoms with Crippen LogP contribution in [0, 0.1) is 11.7 Å². The zero-order valence-electron chi connectivity index (χ0n) is 21.6. The maximum absolute atomic E-state index is 13.9. The molecule has 4 heterocycles. The van der Waals surface area contributed by atoms with E-state index in [0.717, 1.165) is 12.1 Å². The van der Waals surface area contributed by atoms with Crippen molar-refractivity contribution in [3.8, 4) is 33.8 Å². The summed E-state index contributed by atoms with van der Waals surface area (Å²) in [5.41, 5.74) is 17.4. The first-order chi connectivity index (χ1) is 19.7. The molecule has 0 radical (unpaired) electrons. The van der Waals surface area contributed by atoms with Gasteiger partial charge >= 0.3 is 0 Å². The van der Waals surface area contributed by atoms with Gasteiger partial charge in [-0.2, -0.15) is 0 Å². The molecule has 210 valence electrons. The van der Waals surface area contributed by atoms with E-state index in [9.17, 15) is 18.8 Å². The number of nitrogens with two attached hydrogens (primary N) is 3. The number of ether oxygens (including phenoxy) is 1. The van der Waals surface area contributed by atoms with E-state index in [-0.39, 0.29) is 46.5 Å². The van der Waals surface area contributed by atoms with Crippen LogP contribution in [0.1, 0.15) is 33.7 Å². The summed E-state index contributed by atoms with van der Waals surface area (Å²) in [7, 11) is 0. The number of hydrogen-bond donors (Lipinski definition) is 3. The maximum atomic E-state index is 13.9. The smallest absolute Gasteiger partial charge is 0.266 e. The molecule has 0 saturated carbocycles. The first-order valence-electron chi connectivity index (χ1n) is 12.6. The van der Waals surface area contributed by atoms with Crippen molar-refractivity contribution < 1.29 is 18.7 Å². The van der Waals surface area contributed by atoms with Crippen molar-refractivity contribution in [3.63, 3.8) is 0 Å². The van der Waals surface area contributed by atoms with Crippen LogP contribution in [-0.2, 0) is 11.3 Å². The monoisotopic (exact) mass is 621 g/mol. The molecule has 0 unspecified atom stereocenters. The van der Waals surface area contributed by atoms with Crippen molar-refractivity contribution in [1.82, 2.24) is 19.7 Å². The highest BCUT2D eigenvalue weighted by molar-refractivity contribution is 9.10. The Bertz CT molecular complexity index is 1700. The summed E-state index contributed by atoms with van der Waals surface area (Å²) in [6.07, 6.45) is 2.88. The van der Waals surface area contributed by atoms with E-state index in [0.29, 0.717) is 41.8 Å². The van der Waals surface area contributed by atoms with Crippen LogP contribution < -0.4 is 22.6 Å². The summed E-state index contributed by atoms with van der Waals surface area (Å²) in [5, 5.41) is 8.58. The molecule has 1 aromatic carbocycles. The molecule has 11 nitrogen and oxygen atoms in total. The van der Waals surface area contributed by atoms with E-state index in [1.54, 1.807) is 24.4 Å². The highest BCUT2D eigenvalue weighted by Crippen LogP contribution is 2.32. The first kappa shape index (κ1) is 28.1. The quantitative estimate of drug-likeness (QED) is 0.281. The van der Waals surface area contributed by atoms with E-state index in [1.165, 1.54) is 16.7 Å². The van der Waals surface area contributed by atoms with Crippen LogP contribution >= 0.6 is 15.9 Å². The van der Waals surface area contributed by atoms with Crippen LogP contribution in [0.15, 0.2) is 57.9 Å². The van der Waals surface area contributed by atoms with Crippen molar-refractivity contribution in [1.29, 1.82) is 0 Å². The molecule has 0 spiro atoms. The van der Waals surface area contributed by atoms with Gasteiger partial charge in [-0.25, -0.2) is 9.37 Å². The highest BCUT2D eigenvalue weighted by Gasteiger charge is 2.31. The molecule has 1 saturated heterocycles. The average molecular weight is 622 g/mol. The second kappa shape index (κ2) is 11.6. The van der Waals surface area contributed by atoms with Gasteiger partial charge in [0, 0.05) is 36.0 Å². The number of aromatic nitrogens is 4. The van der Waals surface area contributed by atoms with Crippen LogP contribution in [0.3, 0.4) is 0 Å². The van der Waals surface area contributed by atoms with Gasteiger partial charge in [0.1, 0.15) is 28.6 Å².